The van der Waals surface area contributed by atoms with Crippen molar-refractivity contribution >= 4 is 11.8 Å². The molecule has 1 aromatic carbocycles. The van der Waals surface area contributed by atoms with Gasteiger partial charge in [0.2, 0.25) is 0 Å². The molecule has 1 aromatic heterocycles. The first-order chi connectivity index (χ1) is 8.93. The molecule has 2 aliphatic rings. The lowest BCUT2D eigenvalue weighted by atomic mass is 9.90. The molecule has 90 valence electrons. The summed E-state index contributed by atoms with van der Waals surface area (Å²) in [6.45, 7) is 1.13. The minimum Gasteiger partial charge on any atom is -0.224 e. The Morgan fingerprint density at radius 1 is 1.17 bits per heavy atom. The third-order valence-corrected chi connectivity index (χ3v) is 5.08. The molecule has 2 nitrogen and oxygen atoms in total. The zero-order valence-electron chi connectivity index (χ0n) is 10.2. The molecule has 0 bridgehead atoms. The zero-order valence-corrected chi connectivity index (χ0v) is 11.0. The van der Waals surface area contributed by atoms with Crippen LogP contribution in [0.4, 0.5) is 0 Å². The van der Waals surface area contributed by atoms with Crippen LogP contribution < -0.4 is 4.57 Å². The first-order valence-electron chi connectivity index (χ1n) is 6.56. The third kappa shape index (κ3) is 1.50. The minimum absolute atomic E-state index is 1.13. The molecule has 2 heterocycles. The SMILES string of the molecule is c1ccc2c(c1)CCc1c-2nc[n+]2c1SCCC2. The highest BCUT2D eigenvalue weighted by Gasteiger charge is 2.28. The van der Waals surface area contributed by atoms with Gasteiger partial charge in [-0.3, -0.25) is 0 Å². The molecule has 0 N–H and O–H groups in total. The van der Waals surface area contributed by atoms with Crippen molar-refractivity contribution < 1.29 is 4.57 Å². The van der Waals surface area contributed by atoms with Crippen LogP contribution in [0.3, 0.4) is 0 Å². The lowest BCUT2D eigenvalue weighted by Crippen LogP contribution is -2.41. The Morgan fingerprint density at radius 3 is 3.11 bits per heavy atom. The van der Waals surface area contributed by atoms with Gasteiger partial charge in [-0.25, -0.2) is 4.57 Å². The Bertz CT molecular complexity index is 622. The topological polar surface area (TPSA) is 16.8 Å². The van der Waals surface area contributed by atoms with Crippen molar-refractivity contribution in [3.8, 4) is 11.3 Å². The van der Waals surface area contributed by atoms with Gasteiger partial charge in [-0.2, -0.15) is 0 Å². The van der Waals surface area contributed by atoms with Gasteiger partial charge in [-0.1, -0.05) is 36.0 Å². The fraction of sp³-hybridized carbons (Fsp3) is 0.333. The smallest absolute Gasteiger partial charge is 0.224 e. The maximum absolute atomic E-state index is 4.72. The molecule has 0 saturated heterocycles. The molecule has 2 aromatic rings. The van der Waals surface area contributed by atoms with Gasteiger partial charge < -0.3 is 0 Å². The molecule has 4 rings (SSSR count). The minimum atomic E-state index is 1.13. The van der Waals surface area contributed by atoms with Crippen molar-refractivity contribution in [1.82, 2.24) is 4.98 Å². The zero-order chi connectivity index (χ0) is 11.9. The molecule has 0 atom stereocenters. The van der Waals surface area contributed by atoms with E-state index in [1.165, 1.54) is 39.6 Å². The predicted octanol–water partition coefficient (Wildman–Crippen LogP) is 2.63. The third-order valence-electron chi connectivity index (χ3n) is 3.83. The maximum atomic E-state index is 4.72. The molecule has 0 radical (unpaired) electrons. The van der Waals surface area contributed by atoms with E-state index in [-0.39, 0.29) is 0 Å². The second kappa shape index (κ2) is 4.09. The Balaban J connectivity index is 1.96. The van der Waals surface area contributed by atoms with Crippen LogP contribution in [0.1, 0.15) is 17.5 Å². The van der Waals surface area contributed by atoms with Crippen molar-refractivity contribution in [3.63, 3.8) is 0 Å². The van der Waals surface area contributed by atoms with Gasteiger partial charge in [0, 0.05) is 11.3 Å². The van der Waals surface area contributed by atoms with E-state index in [2.05, 4.69) is 28.8 Å². The molecule has 0 spiro atoms. The maximum Gasteiger partial charge on any atom is 0.287 e. The molecule has 1 aliphatic heterocycles. The quantitative estimate of drug-likeness (QED) is 0.531. The van der Waals surface area contributed by atoms with E-state index in [4.69, 9.17) is 4.98 Å². The fourth-order valence-corrected chi connectivity index (χ4v) is 4.10. The summed E-state index contributed by atoms with van der Waals surface area (Å²) in [5.41, 5.74) is 5.48. The van der Waals surface area contributed by atoms with E-state index < -0.39 is 0 Å². The first kappa shape index (κ1) is 10.6. The molecule has 0 amide bonds. The number of hydrogen-bond acceptors (Lipinski definition) is 2. The van der Waals surface area contributed by atoms with Crippen molar-refractivity contribution in [2.24, 2.45) is 0 Å². The molecule has 3 heteroatoms. The van der Waals surface area contributed by atoms with E-state index in [9.17, 15) is 0 Å². The highest BCUT2D eigenvalue weighted by Crippen LogP contribution is 2.36. The standard InChI is InChI=1S/C15H15N2S/c1-2-5-12-11(4-1)6-7-13-14(12)16-10-17-8-3-9-18-15(13)17/h1-2,4-5,10H,3,6-9H2/q+1. The van der Waals surface area contributed by atoms with Gasteiger partial charge in [0.25, 0.3) is 6.33 Å². The lowest BCUT2D eigenvalue weighted by Gasteiger charge is -2.20. The highest BCUT2D eigenvalue weighted by atomic mass is 32.2. The summed E-state index contributed by atoms with van der Waals surface area (Å²) in [4.78, 5) is 4.72. The van der Waals surface area contributed by atoms with Gasteiger partial charge in [0.05, 0.1) is 12.1 Å². The van der Waals surface area contributed by atoms with Gasteiger partial charge in [0.15, 0.2) is 10.7 Å². The Morgan fingerprint density at radius 2 is 2.11 bits per heavy atom. The molecular formula is C15H15N2S+. The summed E-state index contributed by atoms with van der Waals surface area (Å²) in [7, 11) is 0. The number of thioether (sulfide) groups is 1. The summed E-state index contributed by atoms with van der Waals surface area (Å²) in [5, 5.41) is 1.46. The van der Waals surface area contributed by atoms with Crippen LogP contribution in [0.15, 0.2) is 35.6 Å². The Kier molecular flexibility index (Phi) is 2.40. The molecule has 0 saturated carbocycles. The monoisotopic (exact) mass is 255 g/mol. The molecular weight excluding hydrogens is 240 g/mol. The normalized spacial score (nSPS) is 16.7. The summed E-state index contributed by atoms with van der Waals surface area (Å²) in [5.74, 6) is 1.25. The van der Waals surface area contributed by atoms with Crippen LogP contribution in [0, 0.1) is 0 Å². The summed E-state index contributed by atoms with van der Waals surface area (Å²) < 4.78 is 2.33. The van der Waals surface area contributed by atoms with Crippen LogP contribution in [0.25, 0.3) is 11.3 Å². The van der Waals surface area contributed by atoms with Crippen molar-refractivity contribution in [1.29, 1.82) is 0 Å². The number of rotatable bonds is 0. The predicted molar refractivity (Wildman–Crippen MR) is 72.6 cm³/mol. The number of hydrogen-bond donors (Lipinski definition) is 0. The first-order valence-corrected chi connectivity index (χ1v) is 7.54. The molecule has 0 unspecified atom stereocenters. The molecule has 0 fully saturated rings. The van der Waals surface area contributed by atoms with Gasteiger partial charge in [0.1, 0.15) is 0 Å². The largest absolute Gasteiger partial charge is 0.287 e. The Labute approximate surface area is 111 Å². The van der Waals surface area contributed by atoms with E-state index in [1.54, 1.807) is 0 Å². The second-order valence-electron chi connectivity index (χ2n) is 4.93. The van der Waals surface area contributed by atoms with Crippen LogP contribution in [0.2, 0.25) is 0 Å². The van der Waals surface area contributed by atoms with Gasteiger partial charge in [-0.05, 0) is 29.8 Å². The molecule has 18 heavy (non-hydrogen) atoms. The van der Waals surface area contributed by atoms with Crippen molar-refractivity contribution in [2.75, 3.05) is 5.75 Å². The van der Waals surface area contributed by atoms with Gasteiger partial charge >= 0.3 is 0 Å². The second-order valence-corrected chi connectivity index (χ2v) is 6.01. The number of aromatic nitrogens is 2. The average molecular weight is 255 g/mol. The lowest BCUT2D eigenvalue weighted by molar-refractivity contribution is -0.737. The summed E-state index contributed by atoms with van der Waals surface area (Å²) in [6, 6.07) is 8.70. The number of nitrogens with zero attached hydrogens (tertiary/aromatic N) is 2. The number of aryl methyl sites for hydroxylation is 2. The summed E-state index contributed by atoms with van der Waals surface area (Å²) in [6.07, 6.45) is 5.59. The molecule has 1 aliphatic carbocycles. The van der Waals surface area contributed by atoms with E-state index in [1.807, 2.05) is 18.1 Å². The Hall–Kier alpha value is -1.35. The van der Waals surface area contributed by atoms with Crippen LogP contribution >= 0.6 is 11.8 Å². The highest BCUT2D eigenvalue weighted by molar-refractivity contribution is 7.99. The number of benzene rings is 1. The van der Waals surface area contributed by atoms with Crippen LogP contribution in [0.5, 0.6) is 0 Å². The number of fused-ring (bicyclic) bond motifs is 5. The van der Waals surface area contributed by atoms with Crippen LogP contribution in [-0.4, -0.2) is 10.7 Å². The average Bonchev–Trinajstić information content (AvgIpc) is 2.46. The fourth-order valence-electron chi connectivity index (χ4n) is 2.95. The van der Waals surface area contributed by atoms with Gasteiger partial charge in [-0.15, -0.1) is 0 Å². The van der Waals surface area contributed by atoms with Crippen molar-refractivity contribution in [3.05, 3.63) is 41.7 Å². The summed E-state index contributed by atoms with van der Waals surface area (Å²) >= 11 is 2.00. The van der Waals surface area contributed by atoms with E-state index in [0.717, 1.165) is 19.4 Å². The van der Waals surface area contributed by atoms with E-state index in [0.29, 0.717) is 0 Å². The van der Waals surface area contributed by atoms with Crippen molar-refractivity contribution in [2.45, 2.75) is 30.8 Å². The van der Waals surface area contributed by atoms with E-state index >= 15 is 0 Å². The van der Waals surface area contributed by atoms with Crippen LogP contribution in [-0.2, 0) is 19.4 Å².